The van der Waals surface area contributed by atoms with E-state index in [1.807, 2.05) is 25.1 Å². The molecule has 2 nitrogen and oxygen atoms in total. The van der Waals surface area contributed by atoms with Gasteiger partial charge in [0.2, 0.25) is 5.91 Å². The van der Waals surface area contributed by atoms with Gasteiger partial charge in [-0.3, -0.25) is 4.79 Å². The number of hydrogen-bond acceptors (Lipinski definition) is 1. The summed E-state index contributed by atoms with van der Waals surface area (Å²) in [5.74, 6) is -0.404. The molecular formula is C13H18BNO. The van der Waals surface area contributed by atoms with Gasteiger partial charge in [0, 0.05) is 6.54 Å². The highest BCUT2D eigenvalue weighted by Gasteiger charge is 2.09. The molecule has 0 spiro atoms. The molecule has 1 rings (SSSR count). The van der Waals surface area contributed by atoms with E-state index >= 15 is 0 Å². The van der Waals surface area contributed by atoms with Crippen molar-refractivity contribution >= 4 is 13.8 Å². The summed E-state index contributed by atoms with van der Waals surface area (Å²) in [6.07, 6.45) is 2.54. The first-order valence-corrected chi connectivity index (χ1v) is 5.81. The molecule has 0 aliphatic carbocycles. The van der Waals surface area contributed by atoms with E-state index in [1.54, 1.807) is 0 Å². The maximum Gasteiger partial charge on any atom is 0.214 e. The van der Waals surface area contributed by atoms with Crippen LogP contribution in [0.4, 0.5) is 0 Å². The molecule has 0 aromatic heterocycles. The number of amides is 1. The van der Waals surface area contributed by atoms with Crippen LogP contribution in [-0.4, -0.2) is 20.3 Å². The van der Waals surface area contributed by atoms with Crippen LogP contribution in [0.5, 0.6) is 0 Å². The number of rotatable bonds is 6. The van der Waals surface area contributed by atoms with Crippen molar-refractivity contribution < 1.29 is 4.79 Å². The Bertz CT molecular complexity index is 313. The molecule has 0 saturated heterocycles. The Morgan fingerprint density at radius 1 is 1.38 bits per heavy atom. The third kappa shape index (κ3) is 4.52. The molecule has 0 saturated carbocycles. The van der Waals surface area contributed by atoms with Gasteiger partial charge in [-0.25, -0.2) is 0 Å². The lowest BCUT2D eigenvalue weighted by Gasteiger charge is -2.11. The predicted octanol–water partition coefficient (Wildman–Crippen LogP) is 2.10. The van der Waals surface area contributed by atoms with E-state index in [0.29, 0.717) is 6.54 Å². The first kappa shape index (κ1) is 12.8. The maximum absolute atomic E-state index is 11.5. The molecule has 1 aromatic carbocycles. The fraction of sp³-hybridized carbons (Fsp3) is 0.462. The second-order valence-corrected chi connectivity index (χ2v) is 3.92. The van der Waals surface area contributed by atoms with Gasteiger partial charge in [0.15, 0.2) is 0 Å². The Labute approximate surface area is 98.8 Å². The SMILES string of the molecule is [B][C@H](CCC)C(=O)NCCc1ccccc1. The lowest BCUT2D eigenvalue weighted by Crippen LogP contribution is -2.29. The Kier molecular flexibility index (Phi) is 5.69. The molecule has 0 aliphatic heterocycles. The van der Waals surface area contributed by atoms with Gasteiger partial charge in [0.05, 0.1) is 7.85 Å². The van der Waals surface area contributed by atoms with Gasteiger partial charge in [0.25, 0.3) is 0 Å². The number of carbonyl (C=O) groups excluding carboxylic acids is 1. The molecule has 2 radical (unpaired) electrons. The van der Waals surface area contributed by atoms with Crippen molar-refractivity contribution in [1.29, 1.82) is 0 Å². The third-order valence-corrected chi connectivity index (χ3v) is 2.49. The lowest BCUT2D eigenvalue weighted by molar-refractivity contribution is -0.121. The zero-order valence-electron chi connectivity index (χ0n) is 9.78. The van der Waals surface area contributed by atoms with Crippen LogP contribution >= 0.6 is 0 Å². The molecule has 1 N–H and O–H groups in total. The molecule has 0 aliphatic rings. The summed E-state index contributed by atoms with van der Waals surface area (Å²) in [5.41, 5.74) is 1.23. The van der Waals surface area contributed by atoms with Crippen molar-refractivity contribution in [1.82, 2.24) is 5.32 Å². The van der Waals surface area contributed by atoms with E-state index < -0.39 is 0 Å². The lowest BCUT2D eigenvalue weighted by atomic mass is 9.83. The van der Waals surface area contributed by atoms with Crippen molar-refractivity contribution in [2.24, 2.45) is 0 Å². The highest BCUT2D eigenvalue weighted by atomic mass is 16.1. The fourth-order valence-electron chi connectivity index (χ4n) is 1.55. The predicted molar refractivity (Wildman–Crippen MR) is 67.6 cm³/mol. The van der Waals surface area contributed by atoms with E-state index in [-0.39, 0.29) is 11.7 Å². The number of carbonyl (C=O) groups is 1. The van der Waals surface area contributed by atoms with Crippen LogP contribution in [0, 0.1) is 0 Å². The van der Waals surface area contributed by atoms with Gasteiger partial charge in [-0.2, -0.15) is 0 Å². The zero-order valence-corrected chi connectivity index (χ0v) is 9.78. The van der Waals surface area contributed by atoms with Gasteiger partial charge in [-0.1, -0.05) is 50.1 Å². The van der Waals surface area contributed by atoms with Crippen molar-refractivity contribution in [3.05, 3.63) is 35.9 Å². The van der Waals surface area contributed by atoms with Crippen LogP contribution in [0.15, 0.2) is 30.3 Å². The van der Waals surface area contributed by atoms with E-state index in [1.165, 1.54) is 5.56 Å². The van der Waals surface area contributed by atoms with Crippen LogP contribution < -0.4 is 5.32 Å². The molecule has 0 fully saturated rings. The van der Waals surface area contributed by atoms with Crippen molar-refractivity contribution in [2.75, 3.05) is 6.54 Å². The van der Waals surface area contributed by atoms with Gasteiger partial charge in [-0.05, 0) is 17.8 Å². The minimum Gasteiger partial charge on any atom is -0.356 e. The molecule has 1 amide bonds. The summed E-state index contributed by atoms with van der Waals surface area (Å²) < 4.78 is 0. The van der Waals surface area contributed by atoms with E-state index in [2.05, 4.69) is 17.4 Å². The van der Waals surface area contributed by atoms with Gasteiger partial charge >= 0.3 is 0 Å². The molecular weight excluding hydrogens is 197 g/mol. The molecule has 16 heavy (non-hydrogen) atoms. The highest BCUT2D eigenvalue weighted by Crippen LogP contribution is 2.07. The Morgan fingerprint density at radius 2 is 2.06 bits per heavy atom. The highest BCUT2D eigenvalue weighted by molar-refractivity contribution is 6.23. The summed E-state index contributed by atoms with van der Waals surface area (Å²) in [6, 6.07) is 10.1. The maximum atomic E-state index is 11.5. The van der Waals surface area contributed by atoms with Gasteiger partial charge in [-0.15, -0.1) is 0 Å². The van der Waals surface area contributed by atoms with Crippen molar-refractivity contribution in [3.63, 3.8) is 0 Å². The van der Waals surface area contributed by atoms with Crippen LogP contribution in [0.2, 0.25) is 5.82 Å². The van der Waals surface area contributed by atoms with Crippen molar-refractivity contribution in [2.45, 2.75) is 32.0 Å². The summed E-state index contributed by atoms with van der Waals surface area (Å²) in [4.78, 5) is 11.5. The van der Waals surface area contributed by atoms with Crippen LogP contribution in [0.25, 0.3) is 0 Å². The zero-order chi connectivity index (χ0) is 11.8. The molecule has 3 heteroatoms. The Morgan fingerprint density at radius 3 is 2.69 bits per heavy atom. The van der Waals surface area contributed by atoms with Crippen LogP contribution in [-0.2, 0) is 11.2 Å². The normalized spacial score (nSPS) is 12.1. The van der Waals surface area contributed by atoms with E-state index in [0.717, 1.165) is 19.3 Å². The van der Waals surface area contributed by atoms with E-state index in [4.69, 9.17) is 7.85 Å². The fourth-order valence-corrected chi connectivity index (χ4v) is 1.55. The average Bonchev–Trinajstić information content (AvgIpc) is 2.30. The number of hydrogen-bond donors (Lipinski definition) is 1. The van der Waals surface area contributed by atoms with Crippen LogP contribution in [0.1, 0.15) is 25.3 Å². The molecule has 0 heterocycles. The molecule has 0 unspecified atom stereocenters. The first-order chi connectivity index (χ1) is 7.74. The Balaban J connectivity index is 2.23. The van der Waals surface area contributed by atoms with Gasteiger partial charge < -0.3 is 5.32 Å². The largest absolute Gasteiger partial charge is 0.356 e. The smallest absolute Gasteiger partial charge is 0.214 e. The minimum absolute atomic E-state index is 0.0437. The Hall–Kier alpha value is -1.25. The van der Waals surface area contributed by atoms with Crippen molar-refractivity contribution in [3.8, 4) is 0 Å². The minimum atomic E-state index is -0.360. The quantitative estimate of drug-likeness (QED) is 0.723. The second-order valence-electron chi connectivity index (χ2n) is 3.92. The second kappa shape index (κ2) is 7.10. The first-order valence-electron chi connectivity index (χ1n) is 5.81. The number of benzene rings is 1. The molecule has 84 valence electrons. The summed E-state index contributed by atoms with van der Waals surface area (Å²) in [6.45, 7) is 2.68. The topological polar surface area (TPSA) is 29.1 Å². The number of nitrogens with one attached hydrogen (secondary N) is 1. The molecule has 0 bridgehead atoms. The average molecular weight is 215 g/mol. The summed E-state index contributed by atoms with van der Waals surface area (Å²) in [5, 5.41) is 2.85. The summed E-state index contributed by atoms with van der Waals surface area (Å²) >= 11 is 0. The van der Waals surface area contributed by atoms with Gasteiger partial charge in [0.1, 0.15) is 0 Å². The van der Waals surface area contributed by atoms with E-state index in [9.17, 15) is 4.79 Å². The molecule has 1 atom stereocenters. The van der Waals surface area contributed by atoms with Crippen LogP contribution in [0.3, 0.4) is 0 Å². The molecule has 1 aromatic rings. The third-order valence-electron chi connectivity index (χ3n) is 2.49. The monoisotopic (exact) mass is 215 g/mol. The summed E-state index contributed by atoms with van der Waals surface area (Å²) in [7, 11) is 5.70. The standard InChI is InChI=1S/C13H18BNO/c1-2-6-12(14)13(16)15-10-9-11-7-4-3-5-8-11/h3-5,7-8,12H,2,6,9-10H2,1H3,(H,15,16)/t12-/m1/s1.